The first kappa shape index (κ1) is 21.6. The molecule has 166 valence electrons. The Morgan fingerprint density at radius 1 is 1.12 bits per heavy atom. The summed E-state index contributed by atoms with van der Waals surface area (Å²) in [6.07, 6.45) is 2.54. The zero-order chi connectivity index (χ0) is 22.7. The molecule has 0 fully saturated rings. The number of hydrogen-bond acceptors (Lipinski definition) is 6. The minimum absolute atomic E-state index is 0.372. The zero-order valence-electron chi connectivity index (χ0n) is 17.8. The number of rotatable bonds is 6. The second-order valence-corrected chi connectivity index (χ2v) is 7.74. The molecule has 0 radical (unpaired) electrons. The van der Waals surface area contributed by atoms with Crippen LogP contribution in [0.4, 0.5) is 27.7 Å². The van der Waals surface area contributed by atoms with Crippen LogP contribution in [0.5, 0.6) is 11.5 Å². The molecule has 9 heteroatoms. The Labute approximate surface area is 191 Å². The van der Waals surface area contributed by atoms with Crippen LogP contribution in [0.2, 0.25) is 5.02 Å². The summed E-state index contributed by atoms with van der Waals surface area (Å²) in [5, 5.41) is 6.12. The highest BCUT2D eigenvalue weighted by atomic mass is 35.5. The van der Waals surface area contributed by atoms with Crippen LogP contribution in [0.15, 0.2) is 48.7 Å². The van der Waals surface area contributed by atoms with Gasteiger partial charge in [0.15, 0.2) is 0 Å². The van der Waals surface area contributed by atoms with Crippen molar-refractivity contribution >= 4 is 40.5 Å². The Kier molecular flexibility index (Phi) is 6.23. The molecule has 1 aromatic heterocycles. The number of urea groups is 1. The molecule has 0 aliphatic carbocycles. The van der Waals surface area contributed by atoms with Gasteiger partial charge in [-0.05, 0) is 42.3 Å². The van der Waals surface area contributed by atoms with E-state index in [4.69, 9.17) is 26.8 Å². The standard InChI is InChI=1S/C23H24ClN5O3/c1-31-20-12-21(32-2)18(11-16(20)24)28-23(30)27-17-4-3-5-19-15(17)7-9-29(19)13-14-6-8-26-22(25)10-14/h3-6,8,10-12H,7,9,13H2,1-2H3,(H2,25,26)(H2,27,28,30). The molecule has 0 unspecified atom stereocenters. The Balaban J connectivity index is 1.50. The smallest absolute Gasteiger partial charge is 0.323 e. The number of nitrogens with zero attached hydrogens (tertiary/aromatic N) is 2. The average molecular weight is 454 g/mol. The third-order valence-corrected chi connectivity index (χ3v) is 5.61. The van der Waals surface area contributed by atoms with Crippen LogP contribution < -0.4 is 30.7 Å². The molecule has 32 heavy (non-hydrogen) atoms. The number of methoxy groups -OCH3 is 2. The molecule has 1 aliphatic rings. The van der Waals surface area contributed by atoms with Crippen LogP contribution in [0.3, 0.4) is 0 Å². The molecule has 8 nitrogen and oxygen atoms in total. The molecule has 4 rings (SSSR count). The van der Waals surface area contributed by atoms with Gasteiger partial charge in [0.05, 0.1) is 24.9 Å². The third kappa shape index (κ3) is 4.50. The van der Waals surface area contributed by atoms with Crippen LogP contribution in [-0.2, 0) is 13.0 Å². The van der Waals surface area contributed by atoms with Gasteiger partial charge in [-0.25, -0.2) is 9.78 Å². The molecular formula is C23H24ClN5O3. The fourth-order valence-electron chi connectivity index (χ4n) is 3.83. The molecule has 0 atom stereocenters. The van der Waals surface area contributed by atoms with Crippen molar-refractivity contribution in [2.24, 2.45) is 0 Å². The van der Waals surface area contributed by atoms with Crippen molar-refractivity contribution in [2.75, 3.05) is 42.0 Å². The van der Waals surface area contributed by atoms with Gasteiger partial charge in [-0.2, -0.15) is 0 Å². The molecule has 2 heterocycles. The summed E-state index contributed by atoms with van der Waals surface area (Å²) in [5.74, 6) is 1.41. The number of amides is 2. The molecule has 4 N–H and O–H groups in total. The topological polar surface area (TPSA) is 102 Å². The van der Waals surface area contributed by atoms with Crippen molar-refractivity contribution in [2.45, 2.75) is 13.0 Å². The lowest BCUT2D eigenvalue weighted by molar-refractivity contribution is 0.262. The van der Waals surface area contributed by atoms with Gasteiger partial charge in [-0.3, -0.25) is 0 Å². The van der Waals surface area contributed by atoms with E-state index in [9.17, 15) is 4.79 Å². The quantitative estimate of drug-likeness (QED) is 0.506. The van der Waals surface area contributed by atoms with Crippen molar-refractivity contribution in [3.05, 3.63) is 64.8 Å². The molecule has 2 aromatic carbocycles. The van der Waals surface area contributed by atoms with Crippen LogP contribution >= 0.6 is 11.6 Å². The Morgan fingerprint density at radius 2 is 1.91 bits per heavy atom. The number of nitrogen functional groups attached to an aromatic ring is 1. The highest BCUT2D eigenvalue weighted by Crippen LogP contribution is 2.37. The van der Waals surface area contributed by atoms with E-state index in [1.54, 1.807) is 18.3 Å². The molecule has 0 saturated heterocycles. The van der Waals surface area contributed by atoms with E-state index >= 15 is 0 Å². The maximum atomic E-state index is 12.7. The highest BCUT2D eigenvalue weighted by molar-refractivity contribution is 6.32. The molecule has 3 aromatic rings. The van der Waals surface area contributed by atoms with E-state index in [1.165, 1.54) is 14.2 Å². The number of ether oxygens (including phenoxy) is 2. The maximum absolute atomic E-state index is 12.7. The highest BCUT2D eigenvalue weighted by Gasteiger charge is 2.23. The number of carbonyl (C=O) groups is 1. The van der Waals surface area contributed by atoms with Crippen molar-refractivity contribution in [1.82, 2.24) is 4.98 Å². The summed E-state index contributed by atoms with van der Waals surface area (Å²) < 4.78 is 10.5. The van der Waals surface area contributed by atoms with Crippen molar-refractivity contribution < 1.29 is 14.3 Å². The molecule has 0 spiro atoms. The van der Waals surface area contributed by atoms with E-state index in [-0.39, 0.29) is 0 Å². The van der Waals surface area contributed by atoms with Crippen LogP contribution in [-0.4, -0.2) is 31.8 Å². The Hall–Kier alpha value is -3.65. The minimum Gasteiger partial charge on any atom is -0.495 e. The number of halogens is 1. The first-order valence-electron chi connectivity index (χ1n) is 10.0. The number of anilines is 4. The van der Waals surface area contributed by atoms with Crippen molar-refractivity contribution in [1.29, 1.82) is 0 Å². The summed E-state index contributed by atoms with van der Waals surface area (Å²) in [6, 6.07) is 12.5. The molecular weight excluding hydrogens is 430 g/mol. The first-order chi connectivity index (χ1) is 15.5. The first-order valence-corrected chi connectivity index (χ1v) is 10.4. The minimum atomic E-state index is -0.390. The summed E-state index contributed by atoms with van der Waals surface area (Å²) >= 11 is 6.20. The van der Waals surface area contributed by atoms with Gasteiger partial charge < -0.3 is 30.7 Å². The number of nitrogens with two attached hydrogens (primary N) is 1. The SMILES string of the molecule is COc1cc(OC)c(NC(=O)Nc2cccc3c2CCN3Cc2ccnc(N)c2)cc1Cl. The van der Waals surface area contributed by atoms with Gasteiger partial charge in [0.2, 0.25) is 0 Å². The fraction of sp³-hybridized carbons (Fsp3) is 0.217. The van der Waals surface area contributed by atoms with Crippen molar-refractivity contribution in [3.8, 4) is 11.5 Å². The van der Waals surface area contributed by atoms with E-state index in [0.717, 1.165) is 42.0 Å². The van der Waals surface area contributed by atoms with E-state index in [1.807, 2.05) is 24.3 Å². The fourth-order valence-corrected chi connectivity index (χ4v) is 4.07. The lowest BCUT2D eigenvalue weighted by Crippen LogP contribution is -2.21. The molecule has 2 amide bonds. The second kappa shape index (κ2) is 9.23. The van der Waals surface area contributed by atoms with Gasteiger partial charge in [-0.1, -0.05) is 17.7 Å². The summed E-state index contributed by atoms with van der Waals surface area (Å²) in [4.78, 5) is 19.1. The summed E-state index contributed by atoms with van der Waals surface area (Å²) in [7, 11) is 3.03. The number of aromatic nitrogens is 1. The van der Waals surface area contributed by atoms with E-state index in [2.05, 4.69) is 26.6 Å². The van der Waals surface area contributed by atoms with Crippen LogP contribution in [0.1, 0.15) is 11.1 Å². The third-order valence-electron chi connectivity index (χ3n) is 5.31. The summed E-state index contributed by atoms with van der Waals surface area (Å²) in [6.45, 7) is 1.57. The van der Waals surface area contributed by atoms with Gasteiger partial charge in [0, 0.05) is 42.3 Å². The number of hydrogen-bond donors (Lipinski definition) is 3. The average Bonchev–Trinajstić information content (AvgIpc) is 3.18. The maximum Gasteiger partial charge on any atom is 0.323 e. The van der Waals surface area contributed by atoms with Crippen molar-refractivity contribution in [3.63, 3.8) is 0 Å². The van der Waals surface area contributed by atoms with Crippen LogP contribution in [0.25, 0.3) is 0 Å². The number of fused-ring (bicyclic) bond motifs is 1. The number of carbonyl (C=O) groups excluding carboxylic acids is 1. The normalized spacial score (nSPS) is 12.3. The number of pyridine rings is 1. The monoisotopic (exact) mass is 453 g/mol. The number of nitrogens with one attached hydrogen (secondary N) is 2. The van der Waals surface area contributed by atoms with Gasteiger partial charge in [0.1, 0.15) is 17.3 Å². The Bertz CT molecular complexity index is 1150. The summed E-state index contributed by atoms with van der Waals surface area (Å²) in [5.41, 5.74) is 10.3. The zero-order valence-corrected chi connectivity index (χ0v) is 18.6. The number of benzene rings is 2. The largest absolute Gasteiger partial charge is 0.495 e. The second-order valence-electron chi connectivity index (χ2n) is 7.33. The Morgan fingerprint density at radius 3 is 2.66 bits per heavy atom. The van der Waals surface area contributed by atoms with Gasteiger partial charge in [-0.15, -0.1) is 0 Å². The van der Waals surface area contributed by atoms with Gasteiger partial charge in [0.25, 0.3) is 0 Å². The molecule has 1 aliphatic heterocycles. The molecule has 0 bridgehead atoms. The molecule has 0 saturated carbocycles. The van der Waals surface area contributed by atoms with E-state index in [0.29, 0.717) is 28.0 Å². The lowest BCUT2D eigenvalue weighted by atomic mass is 10.1. The predicted molar refractivity (Wildman–Crippen MR) is 127 cm³/mol. The van der Waals surface area contributed by atoms with Gasteiger partial charge >= 0.3 is 6.03 Å². The predicted octanol–water partition coefficient (Wildman–Crippen LogP) is 4.54. The van der Waals surface area contributed by atoms with Crippen LogP contribution in [0, 0.1) is 0 Å². The lowest BCUT2D eigenvalue weighted by Gasteiger charge is -2.20. The van der Waals surface area contributed by atoms with E-state index < -0.39 is 6.03 Å².